The molecule has 1 aromatic carbocycles. The summed E-state index contributed by atoms with van der Waals surface area (Å²) >= 11 is 0. The number of nitrogens with one attached hydrogen (secondary N) is 1. The number of likely N-dealkylation sites (tertiary alicyclic amines) is 1. The normalized spacial score (nSPS) is 17.4. The largest absolute Gasteiger partial charge is 0.381 e. The molecule has 0 aliphatic carbocycles. The third kappa shape index (κ3) is 3.24. The second-order valence-electron chi connectivity index (χ2n) is 5.19. The van der Waals surface area contributed by atoms with Crippen LogP contribution < -0.4 is 5.32 Å². The summed E-state index contributed by atoms with van der Waals surface area (Å²) in [5.41, 5.74) is 2.90. The molecule has 0 amide bonds. The first kappa shape index (κ1) is 12.9. The molecule has 1 unspecified atom stereocenters. The molecule has 1 aromatic rings. The molecule has 0 radical (unpaired) electrons. The summed E-state index contributed by atoms with van der Waals surface area (Å²) < 4.78 is 0. The van der Waals surface area contributed by atoms with E-state index < -0.39 is 0 Å². The Hall–Kier alpha value is -1.53. The lowest BCUT2D eigenvalue weighted by atomic mass is 10.1. The molecule has 1 aliphatic heterocycles. The maximum Gasteiger partial charge on any atom is 0.0994 e. The Morgan fingerprint density at radius 1 is 1.39 bits per heavy atom. The Morgan fingerprint density at radius 2 is 2.11 bits per heavy atom. The van der Waals surface area contributed by atoms with Crippen LogP contribution in [-0.2, 0) is 0 Å². The molecule has 3 heteroatoms. The molecular formula is C15H21N3. The lowest BCUT2D eigenvalue weighted by molar-refractivity contribution is 0.328. The van der Waals surface area contributed by atoms with Gasteiger partial charge in [-0.25, -0.2) is 0 Å². The first-order chi connectivity index (χ1) is 8.69. The van der Waals surface area contributed by atoms with Crippen LogP contribution in [0.5, 0.6) is 0 Å². The van der Waals surface area contributed by atoms with Crippen LogP contribution in [0.2, 0.25) is 0 Å². The molecule has 2 rings (SSSR count). The predicted octanol–water partition coefficient (Wildman–Crippen LogP) is 2.76. The van der Waals surface area contributed by atoms with Gasteiger partial charge in [0.15, 0.2) is 0 Å². The third-order valence-electron chi connectivity index (χ3n) is 3.49. The minimum atomic E-state index is 0.440. The van der Waals surface area contributed by atoms with Gasteiger partial charge in [-0.3, -0.25) is 0 Å². The Bertz CT molecular complexity index is 442. The zero-order valence-electron chi connectivity index (χ0n) is 11.2. The van der Waals surface area contributed by atoms with Gasteiger partial charge in [0.25, 0.3) is 0 Å². The van der Waals surface area contributed by atoms with E-state index in [1.807, 2.05) is 19.1 Å². The molecule has 96 valence electrons. The van der Waals surface area contributed by atoms with Gasteiger partial charge in [-0.15, -0.1) is 0 Å². The van der Waals surface area contributed by atoms with Crippen molar-refractivity contribution in [2.45, 2.75) is 32.7 Å². The number of benzene rings is 1. The van der Waals surface area contributed by atoms with E-state index in [0.717, 1.165) is 23.4 Å². The minimum Gasteiger partial charge on any atom is -0.381 e. The van der Waals surface area contributed by atoms with Crippen molar-refractivity contribution in [1.82, 2.24) is 4.90 Å². The second kappa shape index (κ2) is 5.88. The summed E-state index contributed by atoms with van der Waals surface area (Å²) in [7, 11) is 0. The molecule has 0 aromatic heterocycles. The molecule has 1 atom stereocenters. The number of aryl methyl sites for hydroxylation is 1. The molecule has 3 nitrogen and oxygen atoms in total. The highest BCUT2D eigenvalue weighted by Crippen LogP contribution is 2.16. The number of hydrogen-bond acceptors (Lipinski definition) is 3. The smallest absolute Gasteiger partial charge is 0.0994 e. The molecule has 0 spiro atoms. The third-order valence-corrected chi connectivity index (χ3v) is 3.49. The minimum absolute atomic E-state index is 0.440. The number of nitrogens with zero attached hydrogens (tertiary/aromatic N) is 2. The molecule has 1 saturated heterocycles. The van der Waals surface area contributed by atoms with Crippen LogP contribution in [0.15, 0.2) is 18.2 Å². The molecule has 18 heavy (non-hydrogen) atoms. The Labute approximate surface area is 109 Å². The fraction of sp³-hybridized carbons (Fsp3) is 0.533. The van der Waals surface area contributed by atoms with Gasteiger partial charge in [-0.2, -0.15) is 5.26 Å². The van der Waals surface area contributed by atoms with Crippen LogP contribution in [0.3, 0.4) is 0 Å². The van der Waals surface area contributed by atoms with Crippen LogP contribution in [0.1, 0.15) is 30.9 Å². The Kier molecular flexibility index (Phi) is 4.22. The topological polar surface area (TPSA) is 39.1 Å². The molecule has 0 bridgehead atoms. The molecule has 0 saturated carbocycles. The van der Waals surface area contributed by atoms with Crippen LogP contribution in [0.4, 0.5) is 5.69 Å². The van der Waals surface area contributed by atoms with Crippen molar-refractivity contribution in [3.63, 3.8) is 0 Å². The Balaban J connectivity index is 1.92. The highest BCUT2D eigenvalue weighted by Gasteiger charge is 2.14. The molecule has 1 fully saturated rings. The number of nitriles is 1. The summed E-state index contributed by atoms with van der Waals surface area (Å²) in [5, 5.41) is 12.4. The van der Waals surface area contributed by atoms with Crippen LogP contribution in [0, 0.1) is 18.3 Å². The maximum absolute atomic E-state index is 8.90. The molecule has 1 heterocycles. The van der Waals surface area contributed by atoms with E-state index in [9.17, 15) is 0 Å². The quantitative estimate of drug-likeness (QED) is 0.883. The van der Waals surface area contributed by atoms with Crippen molar-refractivity contribution >= 4 is 5.69 Å². The van der Waals surface area contributed by atoms with Gasteiger partial charge in [0.1, 0.15) is 0 Å². The number of anilines is 1. The lowest BCUT2D eigenvalue weighted by Crippen LogP contribution is -2.32. The van der Waals surface area contributed by atoms with E-state index in [1.165, 1.54) is 25.9 Å². The van der Waals surface area contributed by atoms with Crippen molar-refractivity contribution in [2.75, 3.05) is 25.0 Å². The zero-order valence-corrected chi connectivity index (χ0v) is 11.2. The van der Waals surface area contributed by atoms with E-state index in [1.54, 1.807) is 0 Å². The first-order valence-electron chi connectivity index (χ1n) is 6.68. The fourth-order valence-electron chi connectivity index (χ4n) is 2.56. The van der Waals surface area contributed by atoms with E-state index in [0.29, 0.717) is 6.04 Å². The monoisotopic (exact) mass is 243 g/mol. The standard InChI is InChI=1S/C15H21N3/c1-12-9-15(6-5-14(12)10-16)17-13(2)11-18-7-3-4-8-18/h5-6,9,13,17H,3-4,7-8,11H2,1-2H3. The van der Waals surface area contributed by atoms with Gasteiger partial charge in [-0.05, 0) is 63.5 Å². The lowest BCUT2D eigenvalue weighted by Gasteiger charge is -2.22. The molecular weight excluding hydrogens is 222 g/mol. The van der Waals surface area contributed by atoms with E-state index in [4.69, 9.17) is 5.26 Å². The van der Waals surface area contributed by atoms with Crippen LogP contribution in [-0.4, -0.2) is 30.6 Å². The second-order valence-corrected chi connectivity index (χ2v) is 5.19. The summed E-state index contributed by atoms with van der Waals surface area (Å²) in [6.45, 7) is 7.76. The molecule has 1 aliphatic rings. The van der Waals surface area contributed by atoms with E-state index in [2.05, 4.69) is 29.3 Å². The average Bonchev–Trinajstić information content (AvgIpc) is 2.82. The van der Waals surface area contributed by atoms with Crippen molar-refractivity contribution in [1.29, 1.82) is 5.26 Å². The van der Waals surface area contributed by atoms with E-state index in [-0.39, 0.29) is 0 Å². The zero-order chi connectivity index (χ0) is 13.0. The van der Waals surface area contributed by atoms with Crippen molar-refractivity contribution in [3.8, 4) is 6.07 Å². The fourth-order valence-corrected chi connectivity index (χ4v) is 2.56. The predicted molar refractivity (Wildman–Crippen MR) is 74.7 cm³/mol. The van der Waals surface area contributed by atoms with Crippen LogP contribution >= 0.6 is 0 Å². The summed E-state index contributed by atoms with van der Waals surface area (Å²) in [4.78, 5) is 2.51. The van der Waals surface area contributed by atoms with Gasteiger partial charge in [0, 0.05) is 18.3 Å². The first-order valence-corrected chi connectivity index (χ1v) is 6.68. The van der Waals surface area contributed by atoms with Crippen molar-refractivity contribution in [3.05, 3.63) is 29.3 Å². The van der Waals surface area contributed by atoms with Gasteiger partial charge in [-0.1, -0.05) is 0 Å². The SMILES string of the molecule is Cc1cc(NC(C)CN2CCCC2)ccc1C#N. The highest BCUT2D eigenvalue weighted by molar-refractivity contribution is 5.52. The van der Waals surface area contributed by atoms with Crippen molar-refractivity contribution < 1.29 is 0 Å². The summed E-state index contributed by atoms with van der Waals surface area (Å²) in [6, 6.07) is 8.57. The maximum atomic E-state index is 8.90. The van der Waals surface area contributed by atoms with Gasteiger partial charge >= 0.3 is 0 Å². The average molecular weight is 243 g/mol. The summed E-state index contributed by atoms with van der Waals surface area (Å²) in [6.07, 6.45) is 2.67. The Morgan fingerprint density at radius 3 is 2.72 bits per heavy atom. The summed E-state index contributed by atoms with van der Waals surface area (Å²) in [5.74, 6) is 0. The van der Waals surface area contributed by atoms with Gasteiger partial charge in [0.2, 0.25) is 0 Å². The van der Waals surface area contributed by atoms with E-state index >= 15 is 0 Å². The van der Waals surface area contributed by atoms with Gasteiger partial charge in [0.05, 0.1) is 11.6 Å². The van der Waals surface area contributed by atoms with Crippen LogP contribution in [0.25, 0.3) is 0 Å². The number of rotatable bonds is 4. The van der Waals surface area contributed by atoms with Crippen molar-refractivity contribution in [2.24, 2.45) is 0 Å². The molecule has 1 N–H and O–H groups in total. The van der Waals surface area contributed by atoms with Gasteiger partial charge < -0.3 is 10.2 Å². The number of hydrogen-bond donors (Lipinski definition) is 1. The highest BCUT2D eigenvalue weighted by atomic mass is 15.2.